The molecule has 0 spiro atoms. The quantitative estimate of drug-likeness (QED) is 0.802. The predicted octanol–water partition coefficient (Wildman–Crippen LogP) is 3.52. The lowest BCUT2D eigenvalue weighted by atomic mass is 10.1. The normalized spacial score (nSPS) is 16.7. The van der Waals surface area contributed by atoms with E-state index in [4.69, 9.17) is 0 Å². The number of nitrogens with one attached hydrogen (secondary N) is 2. The molecule has 2 rings (SSSR count). The number of aryl methyl sites for hydroxylation is 1. The van der Waals surface area contributed by atoms with Gasteiger partial charge >= 0.3 is 6.03 Å². The Morgan fingerprint density at radius 1 is 1.11 bits per heavy atom. The van der Waals surface area contributed by atoms with Crippen LogP contribution in [0.1, 0.15) is 49.7 Å². The van der Waals surface area contributed by atoms with Crippen molar-refractivity contribution in [3.8, 4) is 0 Å². The maximum atomic E-state index is 11.8. The van der Waals surface area contributed by atoms with Crippen LogP contribution in [0.2, 0.25) is 0 Å². The van der Waals surface area contributed by atoms with Gasteiger partial charge in [-0.2, -0.15) is 0 Å². The summed E-state index contributed by atoms with van der Waals surface area (Å²) in [4.78, 5) is 11.8. The highest BCUT2D eigenvalue weighted by molar-refractivity contribution is 5.74. The molecule has 19 heavy (non-hydrogen) atoms. The zero-order valence-electron chi connectivity index (χ0n) is 11.7. The highest BCUT2D eigenvalue weighted by Gasteiger charge is 2.14. The van der Waals surface area contributed by atoms with E-state index in [9.17, 15) is 4.79 Å². The van der Waals surface area contributed by atoms with Crippen molar-refractivity contribution in [1.29, 1.82) is 0 Å². The third kappa shape index (κ3) is 4.93. The lowest BCUT2D eigenvalue weighted by molar-refractivity contribution is 0.235. The molecule has 0 saturated heterocycles. The van der Waals surface area contributed by atoms with Crippen molar-refractivity contribution in [2.45, 2.75) is 58.0 Å². The van der Waals surface area contributed by atoms with Crippen LogP contribution >= 0.6 is 0 Å². The van der Waals surface area contributed by atoms with Crippen molar-refractivity contribution in [3.05, 3.63) is 35.4 Å². The Balaban J connectivity index is 1.73. The Morgan fingerprint density at radius 3 is 2.37 bits per heavy atom. The zero-order chi connectivity index (χ0) is 13.5. The SMILES string of the molecule is Cc1ccc(CNC(=O)NC2CCCCCC2)cc1. The average molecular weight is 260 g/mol. The van der Waals surface area contributed by atoms with Gasteiger partial charge in [0.25, 0.3) is 0 Å². The van der Waals surface area contributed by atoms with Crippen molar-refractivity contribution < 1.29 is 4.79 Å². The first-order valence-corrected chi connectivity index (χ1v) is 7.34. The second kappa shape index (κ2) is 7.17. The van der Waals surface area contributed by atoms with Gasteiger partial charge in [0.2, 0.25) is 0 Å². The monoisotopic (exact) mass is 260 g/mol. The number of carbonyl (C=O) groups is 1. The Labute approximate surface area is 115 Å². The van der Waals surface area contributed by atoms with Crippen LogP contribution < -0.4 is 10.6 Å². The van der Waals surface area contributed by atoms with Crippen LogP contribution in [0, 0.1) is 6.92 Å². The second-order valence-electron chi connectivity index (χ2n) is 5.50. The molecular weight excluding hydrogens is 236 g/mol. The third-order valence-electron chi connectivity index (χ3n) is 3.76. The minimum absolute atomic E-state index is 0.0347. The van der Waals surface area contributed by atoms with Crippen LogP contribution in [0.5, 0.6) is 0 Å². The summed E-state index contributed by atoms with van der Waals surface area (Å²) < 4.78 is 0. The maximum Gasteiger partial charge on any atom is 0.315 e. The van der Waals surface area contributed by atoms with Crippen LogP contribution in [0.15, 0.2) is 24.3 Å². The van der Waals surface area contributed by atoms with E-state index in [0.717, 1.165) is 18.4 Å². The van der Waals surface area contributed by atoms with Crippen LogP contribution in [0.25, 0.3) is 0 Å². The van der Waals surface area contributed by atoms with Crippen LogP contribution in [0.3, 0.4) is 0 Å². The van der Waals surface area contributed by atoms with Crippen LogP contribution in [-0.2, 0) is 6.54 Å². The van der Waals surface area contributed by atoms with E-state index in [2.05, 4.69) is 41.8 Å². The Morgan fingerprint density at radius 2 is 1.74 bits per heavy atom. The molecule has 0 bridgehead atoms. The minimum atomic E-state index is -0.0347. The molecule has 1 aromatic carbocycles. The molecule has 2 N–H and O–H groups in total. The molecule has 0 unspecified atom stereocenters. The molecule has 1 fully saturated rings. The van der Waals surface area contributed by atoms with Gasteiger partial charge in [-0.3, -0.25) is 0 Å². The predicted molar refractivity (Wildman–Crippen MR) is 78.0 cm³/mol. The highest BCUT2D eigenvalue weighted by Crippen LogP contribution is 2.17. The van der Waals surface area contributed by atoms with Crippen LogP contribution in [-0.4, -0.2) is 12.1 Å². The van der Waals surface area contributed by atoms with Crippen molar-refractivity contribution in [2.24, 2.45) is 0 Å². The average Bonchev–Trinajstić information content (AvgIpc) is 2.67. The first-order chi connectivity index (χ1) is 9.24. The summed E-state index contributed by atoms with van der Waals surface area (Å²) in [5.74, 6) is 0. The van der Waals surface area contributed by atoms with Crippen molar-refractivity contribution in [2.75, 3.05) is 0 Å². The summed E-state index contributed by atoms with van der Waals surface area (Å²) in [5, 5.41) is 6.03. The van der Waals surface area contributed by atoms with Crippen LogP contribution in [0.4, 0.5) is 4.79 Å². The molecular formula is C16H24N2O. The fraction of sp³-hybridized carbons (Fsp3) is 0.562. The molecule has 0 heterocycles. The van der Waals surface area contributed by atoms with E-state index in [1.54, 1.807) is 0 Å². The van der Waals surface area contributed by atoms with Gasteiger partial charge in [0.15, 0.2) is 0 Å². The molecule has 1 aliphatic rings. The first kappa shape index (κ1) is 13.9. The van der Waals surface area contributed by atoms with E-state index >= 15 is 0 Å². The zero-order valence-corrected chi connectivity index (χ0v) is 11.7. The molecule has 3 heteroatoms. The summed E-state index contributed by atoms with van der Waals surface area (Å²) in [6.07, 6.45) is 7.34. The van der Waals surface area contributed by atoms with Crippen molar-refractivity contribution in [3.63, 3.8) is 0 Å². The smallest absolute Gasteiger partial charge is 0.315 e. The summed E-state index contributed by atoms with van der Waals surface area (Å²) in [6.45, 7) is 2.66. The van der Waals surface area contributed by atoms with E-state index in [1.165, 1.54) is 31.2 Å². The number of hydrogen-bond donors (Lipinski definition) is 2. The van der Waals surface area contributed by atoms with Crippen molar-refractivity contribution >= 4 is 6.03 Å². The van der Waals surface area contributed by atoms with E-state index < -0.39 is 0 Å². The van der Waals surface area contributed by atoms with Gasteiger partial charge in [0.05, 0.1) is 0 Å². The third-order valence-corrected chi connectivity index (χ3v) is 3.76. The number of carbonyl (C=O) groups excluding carboxylic acids is 1. The fourth-order valence-electron chi connectivity index (χ4n) is 2.55. The number of urea groups is 1. The molecule has 0 aliphatic heterocycles. The number of hydrogen-bond acceptors (Lipinski definition) is 1. The second-order valence-corrected chi connectivity index (χ2v) is 5.50. The van der Waals surface area contributed by atoms with Gasteiger partial charge < -0.3 is 10.6 Å². The van der Waals surface area contributed by atoms with Gasteiger partial charge in [-0.05, 0) is 25.3 Å². The summed E-state index contributed by atoms with van der Waals surface area (Å²) in [5.41, 5.74) is 2.38. The van der Waals surface area contributed by atoms with E-state index in [-0.39, 0.29) is 6.03 Å². The van der Waals surface area contributed by atoms with E-state index in [0.29, 0.717) is 12.6 Å². The largest absolute Gasteiger partial charge is 0.335 e. The summed E-state index contributed by atoms with van der Waals surface area (Å²) >= 11 is 0. The molecule has 0 radical (unpaired) electrons. The first-order valence-electron chi connectivity index (χ1n) is 7.34. The maximum absolute atomic E-state index is 11.8. The topological polar surface area (TPSA) is 41.1 Å². The Kier molecular flexibility index (Phi) is 5.25. The summed E-state index contributed by atoms with van der Waals surface area (Å²) in [6, 6.07) is 8.58. The molecule has 1 aromatic rings. The van der Waals surface area contributed by atoms with Gasteiger partial charge in [-0.15, -0.1) is 0 Å². The standard InChI is InChI=1S/C16H24N2O/c1-13-8-10-14(11-9-13)12-17-16(19)18-15-6-4-2-3-5-7-15/h8-11,15H,2-7,12H2,1H3,(H2,17,18,19). The number of rotatable bonds is 3. The van der Waals surface area contributed by atoms with Crippen molar-refractivity contribution in [1.82, 2.24) is 10.6 Å². The van der Waals surface area contributed by atoms with Gasteiger partial charge in [0.1, 0.15) is 0 Å². The molecule has 0 aromatic heterocycles. The van der Waals surface area contributed by atoms with Gasteiger partial charge in [0, 0.05) is 12.6 Å². The molecule has 104 valence electrons. The lowest BCUT2D eigenvalue weighted by Crippen LogP contribution is -2.41. The number of benzene rings is 1. The summed E-state index contributed by atoms with van der Waals surface area (Å²) in [7, 11) is 0. The molecule has 1 aliphatic carbocycles. The molecule has 1 saturated carbocycles. The Bertz CT molecular complexity index is 392. The lowest BCUT2D eigenvalue weighted by Gasteiger charge is -2.16. The molecule has 2 amide bonds. The Hall–Kier alpha value is -1.51. The molecule has 3 nitrogen and oxygen atoms in total. The minimum Gasteiger partial charge on any atom is -0.335 e. The highest BCUT2D eigenvalue weighted by atomic mass is 16.2. The van der Waals surface area contributed by atoms with Gasteiger partial charge in [-0.25, -0.2) is 4.79 Å². The fourth-order valence-corrected chi connectivity index (χ4v) is 2.55. The van der Waals surface area contributed by atoms with Gasteiger partial charge in [-0.1, -0.05) is 55.5 Å². The number of amides is 2. The molecule has 0 atom stereocenters. The van der Waals surface area contributed by atoms with E-state index in [1.807, 2.05) is 0 Å².